The zero-order valence-corrected chi connectivity index (χ0v) is 25.3. The van der Waals surface area contributed by atoms with Gasteiger partial charge in [-0.15, -0.1) is 10.2 Å². The number of nitrogens with one attached hydrogen (secondary N) is 1. The van der Waals surface area contributed by atoms with E-state index in [4.69, 9.17) is 18.6 Å². The Kier molecular flexibility index (Phi) is 8.81. The third-order valence-corrected chi connectivity index (χ3v) is 8.37. The number of nitrogens with zero attached hydrogens (tertiary/aromatic N) is 3. The van der Waals surface area contributed by atoms with Crippen molar-refractivity contribution in [1.82, 2.24) is 20.4 Å². The van der Waals surface area contributed by atoms with E-state index in [0.29, 0.717) is 42.5 Å². The SMILES string of the molecule is Cc1nnc(C(=O)N[C@@H](C)[C@H](Oc2ccc(C(=O)O[C@H]3CCCN(C(=O)[C@H]4COC(=O)C4)C3)cc2)c2ccc(C3CC3)cc2)o1. The number of piperidine rings is 1. The molecule has 3 heterocycles. The van der Waals surface area contributed by atoms with Gasteiger partial charge >= 0.3 is 23.7 Å². The van der Waals surface area contributed by atoms with Crippen molar-refractivity contribution in [2.24, 2.45) is 5.92 Å². The Morgan fingerprint density at radius 2 is 1.78 bits per heavy atom. The third-order valence-electron chi connectivity index (χ3n) is 8.37. The van der Waals surface area contributed by atoms with Crippen LogP contribution >= 0.6 is 0 Å². The van der Waals surface area contributed by atoms with E-state index in [1.54, 1.807) is 36.1 Å². The van der Waals surface area contributed by atoms with Gasteiger partial charge in [-0.3, -0.25) is 14.4 Å². The zero-order valence-electron chi connectivity index (χ0n) is 25.3. The summed E-state index contributed by atoms with van der Waals surface area (Å²) in [7, 11) is 0. The quantitative estimate of drug-likeness (QED) is 0.332. The van der Waals surface area contributed by atoms with Crippen LogP contribution in [-0.4, -0.2) is 70.7 Å². The van der Waals surface area contributed by atoms with Crippen LogP contribution in [0, 0.1) is 12.8 Å². The highest BCUT2D eigenvalue weighted by Crippen LogP contribution is 2.40. The van der Waals surface area contributed by atoms with Gasteiger partial charge in [0.15, 0.2) is 0 Å². The number of esters is 2. The summed E-state index contributed by atoms with van der Waals surface area (Å²) in [5.74, 6) is -0.708. The lowest BCUT2D eigenvalue weighted by Gasteiger charge is -2.33. The van der Waals surface area contributed by atoms with Gasteiger partial charge in [0.2, 0.25) is 11.8 Å². The Morgan fingerprint density at radius 1 is 1.02 bits per heavy atom. The predicted octanol–water partition coefficient (Wildman–Crippen LogP) is 3.90. The Labute approximate surface area is 260 Å². The highest BCUT2D eigenvalue weighted by Gasteiger charge is 2.36. The summed E-state index contributed by atoms with van der Waals surface area (Å²) in [6.07, 6.45) is 2.81. The molecule has 2 aromatic carbocycles. The van der Waals surface area contributed by atoms with Crippen molar-refractivity contribution in [3.63, 3.8) is 0 Å². The number of ether oxygens (including phenoxy) is 3. The maximum atomic E-state index is 13.0. The van der Waals surface area contributed by atoms with Gasteiger partial charge in [-0.25, -0.2) is 4.79 Å². The van der Waals surface area contributed by atoms with Crippen LogP contribution in [0.2, 0.25) is 0 Å². The van der Waals surface area contributed by atoms with Gasteiger partial charge in [-0.1, -0.05) is 24.3 Å². The monoisotopic (exact) mass is 616 g/mol. The van der Waals surface area contributed by atoms with Crippen LogP contribution in [0.1, 0.15) is 89.1 Å². The molecule has 4 atom stereocenters. The first-order chi connectivity index (χ1) is 21.7. The van der Waals surface area contributed by atoms with Crippen molar-refractivity contribution in [3.05, 3.63) is 77.0 Å². The molecule has 1 aromatic heterocycles. The van der Waals surface area contributed by atoms with E-state index in [9.17, 15) is 19.2 Å². The maximum absolute atomic E-state index is 13.0. The minimum atomic E-state index is -0.560. The van der Waals surface area contributed by atoms with Crippen LogP contribution in [0.3, 0.4) is 0 Å². The molecule has 2 aliphatic heterocycles. The van der Waals surface area contributed by atoms with Gasteiger partial charge in [0.1, 0.15) is 24.6 Å². The number of amides is 2. The summed E-state index contributed by atoms with van der Waals surface area (Å²) in [6, 6.07) is 14.4. The molecular formula is C33H36N4O8. The third kappa shape index (κ3) is 7.33. The molecule has 6 rings (SSSR count). The lowest BCUT2D eigenvalue weighted by molar-refractivity contribution is -0.139. The molecule has 2 saturated heterocycles. The van der Waals surface area contributed by atoms with E-state index in [0.717, 1.165) is 5.56 Å². The summed E-state index contributed by atoms with van der Waals surface area (Å²) >= 11 is 0. The first-order valence-corrected chi connectivity index (χ1v) is 15.4. The second kappa shape index (κ2) is 13.1. The van der Waals surface area contributed by atoms with Crippen molar-refractivity contribution in [2.75, 3.05) is 19.7 Å². The molecule has 3 fully saturated rings. The van der Waals surface area contributed by atoms with Gasteiger partial charge < -0.3 is 28.8 Å². The van der Waals surface area contributed by atoms with Crippen LogP contribution in [0.5, 0.6) is 5.75 Å². The summed E-state index contributed by atoms with van der Waals surface area (Å²) in [4.78, 5) is 51.7. The number of rotatable bonds is 10. The summed E-state index contributed by atoms with van der Waals surface area (Å²) in [5.41, 5.74) is 2.51. The Bertz CT molecular complexity index is 1550. The number of aromatic nitrogens is 2. The maximum Gasteiger partial charge on any atom is 0.338 e. The average Bonchev–Trinajstić information content (AvgIpc) is 3.66. The van der Waals surface area contributed by atoms with Gasteiger partial charge in [-0.05, 0) is 73.9 Å². The van der Waals surface area contributed by atoms with Crippen LogP contribution in [0.15, 0.2) is 52.9 Å². The number of hydrogen-bond donors (Lipinski definition) is 1. The Hall–Kier alpha value is -4.74. The number of cyclic esters (lactones) is 1. The molecule has 0 spiro atoms. The standard InChI is InChI=1S/C33H36N4O8/c1-19(34-30(39)31-36-35-20(2)43-31)29(23-9-7-22(8-10-23)21-5-6-21)44-26-13-11-24(12-14-26)33(41)45-27-4-3-15-37(17-27)32(40)25-16-28(38)42-18-25/h7-14,19,21,25,27,29H,3-6,15-18H2,1-2H3,(H,34,39)/t19-,25+,27-,29-/m0/s1. The average molecular weight is 617 g/mol. The van der Waals surface area contributed by atoms with Crippen molar-refractivity contribution >= 4 is 23.8 Å². The fraction of sp³-hybridized carbons (Fsp3) is 0.455. The van der Waals surface area contributed by atoms with E-state index in [-0.39, 0.29) is 37.3 Å². The number of hydrogen-bond acceptors (Lipinski definition) is 10. The minimum absolute atomic E-state index is 0.0877. The summed E-state index contributed by atoms with van der Waals surface area (Å²) in [6.45, 7) is 4.39. The molecule has 0 radical (unpaired) electrons. The number of aryl methyl sites for hydroxylation is 1. The largest absolute Gasteiger partial charge is 0.484 e. The molecule has 3 aliphatic rings. The molecule has 1 aliphatic carbocycles. The molecule has 0 unspecified atom stereocenters. The van der Waals surface area contributed by atoms with Gasteiger partial charge in [0.05, 0.1) is 30.5 Å². The van der Waals surface area contributed by atoms with Crippen molar-refractivity contribution in [1.29, 1.82) is 0 Å². The summed E-state index contributed by atoms with van der Waals surface area (Å²) in [5, 5.41) is 10.4. The van der Waals surface area contributed by atoms with E-state index in [1.165, 1.54) is 18.4 Å². The second-order valence-corrected chi connectivity index (χ2v) is 11.9. The van der Waals surface area contributed by atoms with Crippen molar-refractivity contribution in [3.8, 4) is 5.75 Å². The molecule has 3 aromatic rings. The number of carbonyl (C=O) groups excluding carboxylic acids is 4. The highest BCUT2D eigenvalue weighted by atomic mass is 16.5. The molecule has 1 saturated carbocycles. The fourth-order valence-corrected chi connectivity index (χ4v) is 5.77. The number of likely N-dealkylation sites (tertiary alicyclic amines) is 1. The number of benzene rings is 2. The highest BCUT2D eigenvalue weighted by molar-refractivity contribution is 5.90. The van der Waals surface area contributed by atoms with Gasteiger partial charge in [-0.2, -0.15) is 0 Å². The van der Waals surface area contributed by atoms with Crippen molar-refractivity contribution in [2.45, 2.75) is 70.1 Å². The minimum Gasteiger partial charge on any atom is -0.484 e. The van der Waals surface area contributed by atoms with Crippen LogP contribution in [-0.2, 0) is 19.1 Å². The molecule has 1 N–H and O–H groups in total. The fourth-order valence-electron chi connectivity index (χ4n) is 5.77. The smallest absolute Gasteiger partial charge is 0.338 e. The van der Waals surface area contributed by atoms with Gasteiger partial charge in [0.25, 0.3) is 0 Å². The van der Waals surface area contributed by atoms with E-state index >= 15 is 0 Å². The molecule has 236 valence electrons. The van der Waals surface area contributed by atoms with Crippen molar-refractivity contribution < 1.29 is 37.8 Å². The Balaban J connectivity index is 1.10. The second-order valence-electron chi connectivity index (χ2n) is 11.9. The molecule has 2 amide bonds. The zero-order chi connectivity index (χ0) is 31.5. The van der Waals surface area contributed by atoms with E-state index in [1.807, 2.05) is 19.1 Å². The van der Waals surface area contributed by atoms with E-state index in [2.05, 4.69) is 27.6 Å². The first-order valence-electron chi connectivity index (χ1n) is 15.4. The lowest BCUT2D eigenvalue weighted by Crippen LogP contribution is -2.46. The predicted molar refractivity (Wildman–Crippen MR) is 158 cm³/mol. The van der Waals surface area contributed by atoms with Crippen LogP contribution < -0.4 is 10.1 Å². The number of carbonyl (C=O) groups is 4. The van der Waals surface area contributed by atoms with Gasteiger partial charge in [0, 0.05) is 13.5 Å². The molecular weight excluding hydrogens is 580 g/mol. The molecule has 45 heavy (non-hydrogen) atoms. The lowest BCUT2D eigenvalue weighted by atomic mass is 10.00. The van der Waals surface area contributed by atoms with E-state index < -0.39 is 36.0 Å². The Morgan fingerprint density at radius 3 is 2.42 bits per heavy atom. The van der Waals surface area contributed by atoms with Crippen LogP contribution in [0.4, 0.5) is 0 Å². The molecule has 0 bridgehead atoms. The normalized spacial score (nSPS) is 21.0. The summed E-state index contributed by atoms with van der Waals surface area (Å²) < 4.78 is 22.4. The molecule has 12 nitrogen and oxygen atoms in total. The first kappa shape index (κ1) is 30.3. The molecule has 12 heteroatoms. The van der Waals surface area contributed by atoms with Crippen LogP contribution in [0.25, 0.3) is 0 Å². The topological polar surface area (TPSA) is 150 Å².